The Morgan fingerprint density at radius 2 is 2.06 bits per heavy atom. The van der Waals surface area contributed by atoms with Gasteiger partial charge in [0.25, 0.3) is 0 Å². The molecule has 0 saturated carbocycles. The summed E-state index contributed by atoms with van der Waals surface area (Å²) in [6.45, 7) is 1.15. The fourth-order valence-corrected chi connectivity index (χ4v) is 3.22. The van der Waals surface area contributed by atoms with Gasteiger partial charge in [-0.3, -0.25) is 0 Å². The molecule has 3 nitrogen and oxygen atoms in total. The van der Waals surface area contributed by atoms with Gasteiger partial charge in [0.15, 0.2) is 11.5 Å². The monoisotopic (exact) mass is 219 g/mol. The van der Waals surface area contributed by atoms with Crippen molar-refractivity contribution in [1.29, 1.82) is 0 Å². The molecule has 3 heteroatoms. The molecule has 2 aliphatic rings. The molecule has 0 radical (unpaired) electrons. The third-order valence-electron chi connectivity index (χ3n) is 4.22. The number of phenols is 2. The van der Waals surface area contributed by atoms with Crippen LogP contribution in [0.1, 0.15) is 17.5 Å². The smallest absolute Gasteiger partial charge is 0.160 e. The summed E-state index contributed by atoms with van der Waals surface area (Å²) in [5.74, 6) is 0.763. The van der Waals surface area contributed by atoms with Crippen molar-refractivity contribution >= 4 is 0 Å². The van der Waals surface area contributed by atoms with E-state index in [1.54, 1.807) is 6.07 Å². The number of rotatable bonds is 0. The molecule has 2 atom stereocenters. The third kappa shape index (κ3) is 1.31. The highest BCUT2D eigenvalue weighted by molar-refractivity contribution is 5.50. The van der Waals surface area contributed by atoms with Gasteiger partial charge in [-0.15, -0.1) is 0 Å². The number of likely N-dealkylation sites (tertiary alicyclic amines) is 1. The van der Waals surface area contributed by atoms with Crippen LogP contribution < -0.4 is 0 Å². The Morgan fingerprint density at radius 3 is 2.88 bits per heavy atom. The summed E-state index contributed by atoms with van der Waals surface area (Å²) in [4.78, 5) is 2.41. The third-order valence-corrected chi connectivity index (χ3v) is 4.22. The first kappa shape index (κ1) is 9.97. The van der Waals surface area contributed by atoms with E-state index >= 15 is 0 Å². The van der Waals surface area contributed by atoms with E-state index in [4.69, 9.17) is 0 Å². The second-order valence-corrected chi connectivity index (χ2v) is 5.08. The van der Waals surface area contributed by atoms with Crippen molar-refractivity contribution in [1.82, 2.24) is 4.90 Å². The number of phenolic OH excluding ortho intramolecular Hbond substituents is 2. The van der Waals surface area contributed by atoms with Crippen molar-refractivity contribution < 1.29 is 10.2 Å². The van der Waals surface area contributed by atoms with Gasteiger partial charge in [-0.1, -0.05) is 6.07 Å². The van der Waals surface area contributed by atoms with Gasteiger partial charge in [-0.2, -0.15) is 0 Å². The Bertz CT molecular complexity index is 430. The van der Waals surface area contributed by atoms with E-state index in [0.29, 0.717) is 12.0 Å². The first-order valence-electron chi connectivity index (χ1n) is 5.89. The Morgan fingerprint density at radius 1 is 1.25 bits per heavy atom. The zero-order valence-corrected chi connectivity index (χ0v) is 9.48. The van der Waals surface area contributed by atoms with E-state index in [9.17, 15) is 10.2 Å². The normalized spacial score (nSPS) is 28.8. The Labute approximate surface area is 95.3 Å². The van der Waals surface area contributed by atoms with Gasteiger partial charge in [0.1, 0.15) is 0 Å². The van der Waals surface area contributed by atoms with Crippen molar-refractivity contribution in [3.63, 3.8) is 0 Å². The summed E-state index contributed by atoms with van der Waals surface area (Å²) >= 11 is 0. The first-order chi connectivity index (χ1) is 7.66. The lowest BCUT2D eigenvalue weighted by Gasteiger charge is -2.31. The predicted octanol–water partition coefficient (Wildman–Crippen LogP) is 1.52. The Balaban J connectivity index is 2.02. The van der Waals surface area contributed by atoms with Crippen LogP contribution in [-0.4, -0.2) is 34.7 Å². The second-order valence-electron chi connectivity index (χ2n) is 5.08. The van der Waals surface area contributed by atoms with Crippen LogP contribution in [0.15, 0.2) is 12.1 Å². The quantitative estimate of drug-likeness (QED) is 0.650. The summed E-state index contributed by atoms with van der Waals surface area (Å²) in [5.41, 5.74) is 2.17. The molecule has 1 aromatic carbocycles. The van der Waals surface area contributed by atoms with Crippen molar-refractivity contribution in [3.05, 3.63) is 23.3 Å². The average molecular weight is 219 g/mol. The number of fused-ring (bicyclic) bond motifs is 2. The van der Waals surface area contributed by atoms with E-state index in [-0.39, 0.29) is 11.5 Å². The number of aromatic hydroxyl groups is 2. The maximum atomic E-state index is 9.87. The lowest BCUT2D eigenvalue weighted by molar-refractivity contribution is 0.256. The fraction of sp³-hybridized carbons (Fsp3) is 0.538. The molecule has 0 aromatic heterocycles. The average Bonchev–Trinajstić information content (AvgIpc) is 2.64. The molecular weight excluding hydrogens is 202 g/mol. The SMILES string of the molecule is CN1CC[C@H]2Cc3c(ccc(O)c3O)C[C@H]21. The molecule has 1 fully saturated rings. The number of likely N-dealkylation sites (N-methyl/N-ethyl adjacent to an activating group) is 1. The van der Waals surface area contributed by atoms with Crippen molar-refractivity contribution in [3.8, 4) is 11.5 Å². The van der Waals surface area contributed by atoms with Gasteiger partial charge in [-0.05, 0) is 50.4 Å². The number of hydrogen-bond acceptors (Lipinski definition) is 3. The topological polar surface area (TPSA) is 43.7 Å². The minimum absolute atomic E-state index is 0.0172. The van der Waals surface area contributed by atoms with Crippen LogP contribution in [0.5, 0.6) is 11.5 Å². The summed E-state index contributed by atoms with van der Waals surface area (Å²) < 4.78 is 0. The summed E-state index contributed by atoms with van der Waals surface area (Å²) in [5, 5.41) is 19.4. The molecule has 0 amide bonds. The van der Waals surface area contributed by atoms with Gasteiger partial charge in [0, 0.05) is 11.6 Å². The molecule has 1 saturated heterocycles. The van der Waals surface area contributed by atoms with Crippen LogP contribution in [0.4, 0.5) is 0 Å². The molecule has 16 heavy (non-hydrogen) atoms. The molecule has 1 aromatic rings. The van der Waals surface area contributed by atoms with Crippen LogP contribution in [0.2, 0.25) is 0 Å². The Kier molecular flexibility index (Phi) is 2.11. The van der Waals surface area contributed by atoms with Gasteiger partial charge in [-0.25, -0.2) is 0 Å². The van der Waals surface area contributed by atoms with E-state index in [1.165, 1.54) is 12.0 Å². The van der Waals surface area contributed by atoms with Crippen molar-refractivity contribution in [2.24, 2.45) is 5.92 Å². The van der Waals surface area contributed by atoms with Gasteiger partial charge < -0.3 is 15.1 Å². The highest BCUT2D eigenvalue weighted by Crippen LogP contribution is 2.41. The molecule has 0 bridgehead atoms. The van der Waals surface area contributed by atoms with E-state index in [2.05, 4.69) is 11.9 Å². The number of hydrogen-bond donors (Lipinski definition) is 2. The standard InChI is InChI=1S/C13H17NO2/c1-14-5-4-9-6-10-8(7-11(9)14)2-3-12(15)13(10)16/h2-3,9,11,15-16H,4-7H2,1H3/t9-,11+/m0/s1. The van der Waals surface area contributed by atoms with Gasteiger partial charge in [0.2, 0.25) is 0 Å². The highest BCUT2D eigenvalue weighted by Gasteiger charge is 2.37. The summed E-state index contributed by atoms with van der Waals surface area (Å²) in [6, 6.07) is 4.17. The van der Waals surface area contributed by atoms with Crippen LogP contribution in [0.25, 0.3) is 0 Å². The molecule has 2 N–H and O–H groups in total. The van der Waals surface area contributed by atoms with E-state index < -0.39 is 0 Å². The molecule has 1 aliphatic carbocycles. The summed E-state index contributed by atoms with van der Waals surface area (Å²) in [7, 11) is 2.18. The lowest BCUT2D eigenvalue weighted by atomic mass is 9.80. The molecule has 1 heterocycles. The molecule has 0 unspecified atom stereocenters. The molecule has 1 aliphatic heterocycles. The fourth-order valence-electron chi connectivity index (χ4n) is 3.22. The van der Waals surface area contributed by atoms with E-state index in [1.807, 2.05) is 6.07 Å². The Hall–Kier alpha value is -1.22. The maximum Gasteiger partial charge on any atom is 0.160 e. The molecular formula is C13H17NO2. The highest BCUT2D eigenvalue weighted by atomic mass is 16.3. The zero-order chi connectivity index (χ0) is 11.3. The first-order valence-corrected chi connectivity index (χ1v) is 5.89. The van der Waals surface area contributed by atoms with Gasteiger partial charge >= 0.3 is 0 Å². The number of nitrogens with zero attached hydrogens (tertiary/aromatic N) is 1. The maximum absolute atomic E-state index is 9.87. The van der Waals surface area contributed by atoms with Crippen molar-refractivity contribution in [2.75, 3.05) is 13.6 Å². The minimum atomic E-state index is 0.0172. The number of benzene rings is 1. The van der Waals surface area contributed by atoms with Gasteiger partial charge in [0.05, 0.1) is 0 Å². The van der Waals surface area contributed by atoms with Crippen LogP contribution in [0, 0.1) is 5.92 Å². The molecule has 0 spiro atoms. The molecule has 86 valence electrons. The van der Waals surface area contributed by atoms with Crippen LogP contribution in [0.3, 0.4) is 0 Å². The van der Waals surface area contributed by atoms with Crippen molar-refractivity contribution in [2.45, 2.75) is 25.3 Å². The van der Waals surface area contributed by atoms with E-state index in [0.717, 1.165) is 24.9 Å². The minimum Gasteiger partial charge on any atom is -0.504 e. The summed E-state index contributed by atoms with van der Waals surface area (Å²) in [6.07, 6.45) is 3.12. The zero-order valence-electron chi connectivity index (χ0n) is 9.48. The van der Waals surface area contributed by atoms with Crippen LogP contribution >= 0.6 is 0 Å². The predicted molar refractivity (Wildman–Crippen MR) is 61.7 cm³/mol. The molecule has 3 rings (SSSR count). The second kappa shape index (κ2) is 3.39. The van der Waals surface area contributed by atoms with Crippen LogP contribution in [-0.2, 0) is 12.8 Å². The lowest BCUT2D eigenvalue weighted by Crippen LogP contribution is -2.35. The largest absolute Gasteiger partial charge is 0.504 e.